The highest BCUT2D eigenvalue weighted by Gasteiger charge is 2.24. The number of hydrogen-bond acceptors (Lipinski definition) is 3. The Hall–Kier alpha value is -1.95. The average molecular weight is 393 g/mol. The van der Waals surface area contributed by atoms with Gasteiger partial charge in [0.05, 0.1) is 21.3 Å². The van der Waals surface area contributed by atoms with Crippen molar-refractivity contribution < 1.29 is 24.0 Å². The van der Waals surface area contributed by atoms with Gasteiger partial charge in [-0.1, -0.05) is 23.7 Å². The standard InChI is InChI=1S/C21H27ClN2O3/c1-25-19-12-17(13-20(26-2)21(19)27-3)15-24-9-7-23(8-10-24)14-16-5-4-6-18(22)11-16/h4-6,11-13H,7-10,14-15H2,1-3H3/p+2. The molecule has 27 heavy (non-hydrogen) atoms. The molecule has 146 valence electrons. The lowest BCUT2D eigenvalue weighted by Crippen LogP contribution is -3.27. The molecule has 2 aromatic rings. The van der Waals surface area contributed by atoms with E-state index in [2.05, 4.69) is 24.3 Å². The summed E-state index contributed by atoms with van der Waals surface area (Å²) < 4.78 is 16.4. The molecule has 1 saturated heterocycles. The number of piperazine rings is 1. The third kappa shape index (κ3) is 5.06. The quantitative estimate of drug-likeness (QED) is 0.733. The van der Waals surface area contributed by atoms with E-state index in [0.29, 0.717) is 5.75 Å². The van der Waals surface area contributed by atoms with Gasteiger partial charge in [0.25, 0.3) is 0 Å². The summed E-state index contributed by atoms with van der Waals surface area (Å²) in [6.45, 7) is 6.61. The molecule has 0 saturated carbocycles. The minimum absolute atomic E-state index is 0.648. The third-order valence-electron chi connectivity index (χ3n) is 5.19. The van der Waals surface area contributed by atoms with E-state index < -0.39 is 0 Å². The van der Waals surface area contributed by atoms with E-state index in [1.807, 2.05) is 12.1 Å². The molecule has 2 N–H and O–H groups in total. The number of nitrogens with one attached hydrogen (secondary N) is 2. The normalized spacial score (nSPS) is 19.6. The fourth-order valence-electron chi connectivity index (χ4n) is 3.77. The third-order valence-corrected chi connectivity index (χ3v) is 5.42. The molecule has 5 nitrogen and oxygen atoms in total. The maximum absolute atomic E-state index is 6.10. The van der Waals surface area contributed by atoms with Crippen molar-refractivity contribution >= 4 is 11.6 Å². The Morgan fingerprint density at radius 1 is 0.778 bits per heavy atom. The number of hydrogen-bond donors (Lipinski definition) is 2. The summed E-state index contributed by atoms with van der Waals surface area (Å²) in [6.07, 6.45) is 0. The minimum atomic E-state index is 0.648. The maximum atomic E-state index is 6.10. The smallest absolute Gasteiger partial charge is 0.203 e. The molecule has 3 rings (SSSR count). The van der Waals surface area contributed by atoms with Gasteiger partial charge in [-0.05, 0) is 24.3 Å². The zero-order chi connectivity index (χ0) is 19.2. The summed E-state index contributed by atoms with van der Waals surface area (Å²) in [4.78, 5) is 3.20. The van der Waals surface area contributed by atoms with Gasteiger partial charge < -0.3 is 24.0 Å². The van der Waals surface area contributed by atoms with Crippen LogP contribution in [0, 0.1) is 0 Å². The zero-order valence-electron chi connectivity index (χ0n) is 16.3. The Bertz CT molecular complexity index is 736. The molecule has 0 aromatic heterocycles. The second kappa shape index (κ2) is 9.31. The summed E-state index contributed by atoms with van der Waals surface area (Å²) >= 11 is 6.10. The fourth-order valence-corrected chi connectivity index (χ4v) is 3.99. The Labute approximate surface area is 166 Å². The van der Waals surface area contributed by atoms with Crippen LogP contribution in [0.2, 0.25) is 5.02 Å². The van der Waals surface area contributed by atoms with Gasteiger partial charge in [0.1, 0.15) is 39.3 Å². The summed E-state index contributed by atoms with van der Waals surface area (Å²) in [5, 5.41) is 0.818. The Balaban J connectivity index is 1.59. The van der Waals surface area contributed by atoms with E-state index in [0.717, 1.165) is 55.8 Å². The molecule has 0 atom stereocenters. The predicted octanol–water partition coefficient (Wildman–Crippen LogP) is 0.849. The monoisotopic (exact) mass is 392 g/mol. The SMILES string of the molecule is COc1cc(C[NH+]2CC[NH+](Cc3cccc(Cl)c3)CC2)cc(OC)c1OC. The van der Waals surface area contributed by atoms with Crippen LogP contribution in [0.3, 0.4) is 0 Å². The average Bonchev–Trinajstić information content (AvgIpc) is 2.68. The lowest BCUT2D eigenvalue weighted by Gasteiger charge is -2.30. The van der Waals surface area contributed by atoms with E-state index >= 15 is 0 Å². The van der Waals surface area contributed by atoms with Gasteiger partial charge in [0.15, 0.2) is 11.5 Å². The van der Waals surface area contributed by atoms with Gasteiger partial charge in [-0.25, -0.2) is 0 Å². The first-order valence-corrected chi connectivity index (χ1v) is 9.71. The van der Waals surface area contributed by atoms with Crippen LogP contribution in [-0.4, -0.2) is 47.5 Å². The molecule has 6 heteroatoms. The predicted molar refractivity (Wildman–Crippen MR) is 106 cm³/mol. The van der Waals surface area contributed by atoms with E-state index in [4.69, 9.17) is 25.8 Å². The Morgan fingerprint density at radius 2 is 1.33 bits per heavy atom. The molecule has 1 heterocycles. The molecule has 0 bridgehead atoms. The van der Waals surface area contributed by atoms with Crippen molar-refractivity contribution in [1.29, 1.82) is 0 Å². The van der Waals surface area contributed by atoms with Crippen molar-refractivity contribution in [2.24, 2.45) is 0 Å². The molecule has 2 aromatic carbocycles. The molecule has 0 spiro atoms. The number of quaternary nitrogens is 2. The highest BCUT2D eigenvalue weighted by molar-refractivity contribution is 6.30. The van der Waals surface area contributed by atoms with E-state index in [9.17, 15) is 0 Å². The van der Waals surface area contributed by atoms with Crippen LogP contribution in [0.4, 0.5) is 0 Å². The molecule has 1 aliphatic rings. The number of benzene rings is 2. The maximum Gasteiger partial charge on any atom is 0.203 e. The van der Waals surface area contributed by atoms with Gasteiger partial charge in [-0.15, -0.1) is 0 Å². The highest BCUT2D eigenvalue weighted by atomic mass is 35.5. The summed E-state index contributed by atoms with van der Waals surface area (Å²) in [7, 11) is 4.95. The molecule has 0 amide bonds. The molecule has 0 radical (unpaired) electrons. The molecule has 0 aliphatic carbocycles. The molecular formula is C21H29ClN2O3+2. The van der Waals surface area contributed by atoms with Crippen molar-refractivity contribution in [3.63, 3.8) is 0 Å². The summed E-state index contributed by atoms with van der Waals surface area (Å²) in [5.74, 6) is 2.09. The van der Waals surface area contributed by atoms with Crippen LogP contribution in [-0.2, 0) is 13.1 Å². The minimum Gasteiger partial charge on any atom is -0.493 e. The first-order valence-electron chi connectivity index (χ1n) is 9.33. The van der Waals surface area contributed by atoms with Crippen molar-refractivity contribution in [2.75, 3.05) is 47.5 Å². The van der Waals surface area contributed by atoms with Gasteiger partial charge in [0.2, 0.25) is 5.75 Å². The van der Waals surface area contributed by atoms with Gasteiger partial charge in [0, 0.05) is 16.1 Å². The number of rotatable bonds is 7. The Kier molecular flexibility index (Phi) is 6.83. The van der Waals surface area contributed by atoms with Crippen LogP contribution in [0.1, 0.15) is 11.1 Å². The van der Waals surface area contributed by atoms with Crippen LogP contribution < -0.4 is 24.0 Å². The van der Waals surface area contributed by atoms with E-state index in [1.165, 1.54) is 11.1 Å². The molecule has 1 fully saturated rings. The van der Waals surface area contributed by atoms with E-state index in [1.54, 1.807) is 31.1 Å². The summed E-state index contributed by atoms with van der Waals surface area (Å²) in [5.41, 5.74) is 2.52. The zero-order valence-corrected chi connectivity index (χ0v) is 17.1. The van der Waals surface area contributed by atoms with Crippen LogP contribution >= 0.6 is 11.6 Å². The van der Waals surface area contributed by atoms with Crippen molar-refractivity contribution in [1.82, 2.24) is 0 Å². The molecular weight excluding hydrogens is 364 g/mol. The first-order chi connectivity index (χ1) is 13.1. The van der Waals surface area contributed by atoms with Crippen molar-refractivity contribution in [3.05, 3.63) is 52.5 Å². The molecule has 0 unspecified atom stereocenters. The van der Waals surface area contributed by atoms with Crippen molar-refractivity contribution in [2.45, 2.75) is 13.1 Å². The van der Waals surface area contributed by atoms with Crippen LogP contribution in [0.5, 0.6) is 17.2 Å². The van der Waals surface area contributed by atoms with Gasteiger partial charge in [-0.2, -0.15) is 0 Å². The number of ether oxygens (including phenoxy) is 3. The first kappa shape index (κ1) is 19.8. The van der Waals surface area contributed by atoms with Crippen molar-refractivity contribution in [3.8, 4) is 17.2 Å². The number of methoxy groups -OCH3 is 3. The van der Waals surface area contributed by atoms with E-state index in [-0.39, 0.29) is 0 Å². The largest absolute Gasteiger partial charge is 0.493 e. The lowest BCUT2D eigenvalue weighted by molar-refractivity contribution is -1.02. The second-order valence-corrected chi connectivity index (χ2v) is 7.45. The Morgan fingerprint density at radius 3 is 1.81 bits per heavy atom. The topological polar surface area (TPSA) is 36.6 Å². The molecule has 1 aliphatic heterocycles. The summed E-state index contributed by atoms with van der Waals surface area (Å²) in [6, 6.07) is 12.3. The van der Waals surface area contributed by atoms with Gasteiger partial charge >= 0.3 is 0 Å². The lowest BCUT2D eigenvalue weighted by atomic mass is 10.1. The second-order valence-electron chi connectivity index (χ2n) is 7.02. The van der Waals surface area contributed by atoms with Crippen LogP contribution in [0.25, 0.3) is 0 Å². The number of halogens is 1. The highest BCUT2D eigenvalue weighted by Crippen LogP contribution is 2.37. The fraction of sp³-hybridized carbons (Fsp3) is 0.429. The van der Waals surface area contributed by atoms with Crippen LogP contribution in [0.15, 0.2) is 36.4 Å². The van der Waals surface area contributed by atoms with Gasteiger partial charge in [-0.3, -0.25) is 0 Å².